The second kappa shape index (κ2) is 8.19. The Bertz CT molecular complexity index is 919. The summed E-state index contributed by atoms with van der Waals surface area (Å²) in [5.74, 6) is 0.401. The predicted molar refractivity (Wildman–Crippen MR) is 103 cm³/mol. The molecule has 1 amide bonds. The molecule has 0 aromatic heterocycles. The zero-order chi connectivity index (χ0) is 20.3. The third kappa shape index (κ3) is 4.12. The maximum Gasteiger partial charge on any atom is 0.345 e. The minimum Gasteiger partial charge on any atom is -0.497 e. The van der Waals surface area contributed by atoms with E-state index in [9.17, 15) is 13.2 Å². The number of carbonyl (C=O) groups is 1. The lowest BCUT2D eigenvalue weighted by molar-refractivity contribution is -0.118. The molecule has 3 rings (SSSR count). The molecule has 0 saturated carbocycles. The third-order valence-corrected chi connectivity index (χ3v) is 5.92. The van der Waals surface area contributed by atoms with Gasteiger partial charge in [-0.25, -0.2) is 4.31 Å². The summed E-state index contributed by atoms with van der Waals surface area (Å²) in [5, 5.41) is 2.74. The Balaban J connectivity index is 1.94. The molecule has 2 heterocycles. The number of hydrogen-bond acceptors (Lipinski definition) is 6. The molecular weight excluding hydrogens is 386 g/mol. The van der Waals surface area contributed by atoms with Crippen molar-refractivity contribution in [1.82, 2.24) is 9.62 Å². The number of nitrogens with zero attached hydrogens (tertiary/aromatic N) is 2. The first-order valence-electron chi connectivity index (χ1n) is 8.78. The zero-order valence-corrected chi connectivity index (χ0v) is 16.8. The van der Waals surface area contributed by atoms with Crippen molar-refractivity contribution < 1.29 is 27.4 Å². The summed E-state index contributed by atoms with van der Waals surface area (Å²) in [7, 11) is 0.182. The van der Waals surface area contributed by atoms with Gasteiger partial charge in [0, 0.05) is 25.8 Å². The molecule has 28 heavy (non-hydrogen) atoms. The first-order chi connectivity index (χ1) is 13.4. The Labute approximate surface area is 164 Å². The summed E-state index contributed by atoms with van der Waals surface area (Å²) < 4.78 is 45.7. The van der Waals surface area contributed by atoms with Gasteiger partial charge in [-0.15, -0.1) is 4.40 Å². The van der Waals surface area contributed by atoms with Crippen LogP contribution in [0.2, 0.25) is 0 Å². The van der Waals surface area contributed by atoms with Crippen molar-refractivity contribution in [2.45, 2.75) is 18.9 Å². The molecule has 2 aliphatic heterocycles. The summed E-state index contributed by atoms with van der Waals surface area (Å²) in [6.07, 6.45) is 3.18. The highest BCUT2D eigenvalue weighted by atomic mass is 32.2. The van der Waals surface area contributed by atoms with Gasteiger partial charge >= 0.3 is 10.2 Å². The van der Waals surface area contributed by atoms with Crippen LogP contribution in [-0.4, -0.2) is 64.9 Å². The van der Waals surface area contributed by atoms with E-state index in [1.807, 2.05) is 0 Å². The van der Waals surface area contributed by atoms with Crippen LogP contribution < -0.4 is 14.8 Å². The van der Waals surface area contributed by atoms with E-state index in [0.29, 0.717) is 30.2 Å². The van der Waals surface area contributed by atoms with E-state index >= 15 is 0 Å². The van der Waals surface area contributed by atoms with Gasteiger partial charge in [-0.2, -0.15) is 8.42 Å². The lowest BCUT2D eigenvalue weighted by Gasteiger charge is -2.24. The van der Waals surface area contributed by atoms with Crippen LogP contribution >= 0.6 is 0 Å². The second-order valence-corrected chi connectivity index (χ2v) is 7.99. The molecule has 0 unspecified atom stereocenters. The van der Waals surface area contributed by atoms with Crippen molar-refractivity contribution in [2.75, 3.05) is 34.4 Å². The van der Waals surface area contributed by atoms with Gasteiger partial charge in [0.1, 0.15) is 17.2 Å². The molecule has 0 aliphatic carbocycles. The smallest absolute Gasteiger partial charge is 0.345 e. The average Bonchev–Trinajstić information content (AvgIpc) is 3.21. The normalized spacial score (nSPS) is 21.0. The fourth-order valence-corrected chi connectivity index (χ4v) is 3.91. The Morgan fingerprint density at radius 1 is 1.36 bits per heavy atom. The molecule has 0 spiro atoms. The van der Waals surface area contributed by atoms with Crippen LogP contribution in [0.25, 0.3) is 0 Å². The maximum atomic E-state index is 12.7. The van der Waals surface area contributed by atoms with E-state index in [4.69, 9.17) is 14.2 Å². The number of benzene rings is 1. The fourth-order valence-electron chi connectivity index (χ4n) is 3.01. The van der Waals surface area contributed by atoms with E-state index in [0.717, 1.165) is 17.1 Å². The molecule has 0 radical (unpaired) electrons. The van der Waals surface area contributed by atoms with Gasteiger partial charge < -0.3 is 19.5 Å². The van der Waals surface area contributed by atoms with Crippen LogP contribution in [0.15, 0.2) is 34.4 Å². The quantitative estimate of drug-likeness (QED) is 0.747. The van der Waals surface area contributed by atoms with Gasteiger partial charge in [0.2, 0.25) is 0 Å². The van der Waals surface area contributed by atoms with Crippen LogP contribution in [0.1, 0.15) is 18.4 Å². The van der Waals surface area contributed by atoms with Crippen LogP contribution in [-0.2, 0) is 19.7 Å². The van der Waals surface area contributed by atoms with Crippen molar-refractivity contribution in [3.8, 4) is 11.5 Å². The number of ether oxygens (including phenoxy) is 3. The fraction of sp³-hybridized carbons (Fsp3) is 0.444. The molecule has 1 fully saturated rings. The highest BCUT2D eigenvalue weighted by Crippen LogP contribution is 2.28. The number of amides is 1. The molecule has 1 N–H and O–H groups in total. The largest absolute Gasteiger partial charge is 0.497 e. The molecule has 1 saturated heterocycles. The van der Waals surface area contributed by atoms with Crippen molar-refractivity contribution in [3.05, 3.63) is 35.5 Å². The van der Waals surface area contributed by atoms with E-state index in [1.165, 1.54) is 27.3 Å². The lowest BCUT2D eigenvalue weighted by Crippen LogP contribution is -2.40. The summed E-state index contributed by atoms with van der Waals surface area (Å²) in [5.41, 5.74) is 0.465. The minimum atomic E-state index is -4.07. The molecule has 0 bridgehead atoms. The summed E-state index contributed by atoms with van der Waals surface area (Å²) in [4.78, 5) is 12.7. The number of hydrogen-bond donors (Lipinski definition) is 1. The van der Waals surface area contributed by atoms with E-state index in [2.05, 4.69) is 9.71 Å². The Morgan fingerprint density at radius 2 is 2.14 bits per heavy atom. The van der Waals surface area contributed by atoms with Gasteiger partial charge in [-0.05, 0) is 37.1 Å². The summed E-state index contributed by atoms with van der Waals surface area (Å²) >= 11 is 0. The number of likely N-dealkylation sites (N-methyl/N-ethyl adjacent to an activating group) is 1. The second-order valence-electron chi connectivity index (χ2n) is 6.36. The predicted octanol–water partition coefficient (Wildman–Crippen LogP) is 0.862. The SMILES string of the molecule is COc1ccc(OC)c(C2=NS(=O)(=O)N(C)C(C(=O)NC[C@H]3CCCO3)=C2)c1. The first-order valence-corrected chi connectivity index (χ1v) is 10.2. The van der Waals surface area contributed by atoms with Crippen molar-refractivity contribution in [2.24, 2.45) is 4.40 Å². The highest BCUT2D eigenvalue weighted by molar-refractivity contribution is 7.88. The monoisotopic (exact) mass is 409 g/mol. The lowest BCUT2D eigenvalue weighted by atomic mass is 10.1. The van der Waals surface area contributed by atoms with Gasteiger partial charge in [0.15, 0.2) is 0 Å². The third-order valence-electron chi connectivity index (χ3n) is 4.60. The number of carbonyl (C=O) groups excluding carboxylic acids is 1. The zero-order valence-electron chi connectivity index (χ0n) is 16.0. The Hall–Kier alpha value is -2.59. The van der Waals surface area contributed by atoms with Crippen LogP contribution in [0.3, 0.4) is 0 Å². The molecule has 152 valence electrons. The standard InChI is InChI=1S/C18H23N3O6S/c1-21-16(18(22)19-11-13-5-4-8-27-13)10-15(20-28(21,23)24)14-9-12(25-2)6-7-17(14)26-3/h6-7,9-10,13H,4-5,8,11H2,1-3H3,(H,19,22)/t13-/m1/s1. The molecule has 10 heteroatoms. The van der Waals surface area contributed by atoms with Crippen molar-refractivity contribution in [1.29, 1.82) is 0 Å². The van der Waals surface area contributed by atoms with Crippen molar-refractivity contribution >= 4 is 21.8 Å². The molecular formula is C18H23N3O6S. The molecule has 1 aromatic carbocycles. The summed E-state index contributed by atoms with van der Waals surface area (Å²) in [6, 6.07) is 4.94. The van der Waals surface area contributed by atoms with E-state index < -0.39 is 16.1 Å². The van der Waals surface area contributed by atoms with Crippen LogP contribution in [0.5, 0.6) is 11.5 Å². The van der Waals surface area contributed by atoms with E-state index in [-0.39, 0.29) is 17.5 Å². The van der Waals surface area contributed by atoms with E-state index in [1.54, 1.807) is 18.2 Å². The Morgan fingerprint density at radius 3 is 2.79 bits per heavy atom. The average molecular weight is 409 g/mol. The minimum absolute atomic E-state index is 0.0344. The van der Waals surface area contributed by atoms with Crippen LogP contribution in [0, 0.1) is 0 Å². The van der Waals surface area contributed by atoms with Gasteiger partial charge in [0.05, 0.1) is 26.0 Å². The van der Waals surface area contributed by atoms with Gasteiger partial charge in [-0.3, -0.25) is 4.79 Å². The molecule has 9 nitrogen and oxygen atoms in total. The van der Waals surface area contributed by atoms with Crippen molar-refractivity contribution in [3.63, 3.8) is 0 Å². The number of nitrogens with one attached hydrogen (secondary N) is 1. The topological polar surface area (TPSA) is 107 Å². The number of allylic oxidation sites excluding steroid dienone is 1. The van der Waals surface area contributed by atoms with Gasteiger partial charge in [0.25, 0.3) is 5.91 Å². The molecule has 2 aliphatic rings. The molecule has 1 atom stereocenters. The molecule has 1 aromatic rings. The van der Waals surface area contributed by atoms with Crippen LogP contribution in [0.4, 0.5) is 0 Å². The van der Waals surface area contributed by atoms with Gasteiger partial charge in [-0.1, -0.05) is 0 Å². The Kier molecular flexibility index (Phi) is 5.90. The maximum absolute atomic E-state index is 12.7. The first kappa shape index (κ1) is 20.2. The highest BCUT2D eigenvalue weighted by Gasteiger charge is 2.31. The number of methoxy groups -OCH3 is 2. The summed E-state index contributed by atoms with van der Waals surface area (Å²) in [6.45, 7) is 0.989. The number of rotatable bonds is 6.